The minimum Gasteiger partial charge on any atom is -0.483 e. The highest BCUT2D eigenvalue weighted by Gasteiger charge is 2.40. The number of aryl methyl sites for hydroxylation is 1. The van der Waals surface area contributed by atoms with E-state index in [0.29, 0.717) is 6.08 Å². The molecule has 2 aliphatic heterocycles. The zero-order chi connectivity index (χ0) is 29.5. The van der Waals surface area contributed by atoms with Crippen molar-refractivity contribution < 1.29 is 35.5 Å². The molecule has 0 spiro atoms. The Labute approximate surface area is 226 Å². The number of aromatic nitrogens is 3. The number of carbonyl (C=O) groups is 1. The van der Waals surface area contributed by atoms with Crippen LogP contribution in [0.3, 0.4) is 0 Å². The molecule has 2 aliphatic rings. The van der Waals surface area contributed by atoms with Crippen LogP contribution in [0.25, 0.3) is 5.82 Å². The number of allylic oxidation sites excluding steroid dienone is 3. The molecule has 11 nitrogen and oxygen atoms in total. The largest absolute Gasteiger partial charge is 0.483 e. The van der Waals surface area contributed by atoms with Crippen LogP contribution < -0.4 is 9.88 Å². The predicted octanol–water partition coefficient (Wildman–Crippen LogP) is 3.49. The molecular weight excluding hydrogens is 558 g/mol. The van der Waals surface area contributed by atoms with Gasteiger partial charge in [0.25, 0.3) is 0 Å². The second-order valence-corrected chi connectivity index (χ2v) is 10.7. The first-order valence-corrected chi connectivity index (χ1v) is 13.3. The highest BCUT2D eigenvalue weighted by molar-refractivity contribution is 7.89. The second-order valence-electron chi connectivity index (χ2n) is 9.17. The molecule has 1 fully saturated rings. The lowest BCUT2D eigenvalue weighted by atomic mass is 10.0. The summed E-state index contributed by atoms with van der Waals surface area (Å²) in [6.07, 6.45) is 2.04. The maximum absolute atomic E-state index is 14.5. The van der Waals surface area contributed by atoms with Crippen molar-refractivity contribution in [1.82, 2.24) is 24.7 Å². The van der Waals surface area contributed by atoms with Gasteiger partial charge in [0.15, 0.2) is 29.0 Å². The third kappa shape index (κ3) is 5.62. The fraction of sp³-hybridized carbons (Fsp3) is 0.333. The van der Waals surface area contributed by atoms with Gasteiger partial charge in [-0.1, -0.05) is 6.58 Å². The number of hydrogen-bond acceptors (Lipinski definition) is 7. The Kier molecular flexibility index (Phi) is 7.85. The van der Waals surface area contributed by atoms with E-state index in [0.717, 1.165) is 18.1 Å². The Hall–Kier alpha value is -4.05. The SMILES string of the molecule is C=C(/C(F)=C(F)\C=C(/C)F)[C@@H]1CC=NN1C(=O)N1CC(Oc2cc(-n3nc(C)c(S(N)(=O)=O)c3C)ncc2F)C1. The van der Waals surface area contributed by atoms with E-state index in [-0.39, 0.29) is 52.9 Å². The number of hydrazone groups is 1. The van der Waals surface area contributed by atoms with E-state index in [2.05, 4.69) is 21.8 Å². The molecule has 0 saturated carbocycles. The number of primary sulfonamides is 1. The number of hydrogen-bond donors (Lipinski definition) is 1. The molecular formula is C24H25F4N7O4S. The number of urea groups is 1. The van der Waals surface area contributed by atoms with Crippen molar-refractivity contribution in [2.24, 2.45) is 10.2 Å². The van der Waals surface area contributed by atoms with E-state index in [1.165, 1.54) is 35.7 Å². The van der Waals surface area contributed by atoms with Crippen LogP contribution in [0.5, 0.6) is 5.75 Å². The van der Waals surface area contributed by atoms with E-state index < -0.39 is 51.5 Å². The Morgan fingerprint density at radius 2 is 1.93 bits per heavy atom. The van der Waals surface area contributed by atoms with E-state index in [1.807, 2.05) is 0 Å². The molecule has 0 unspecified atom stereocenters. The van der Waals surface area contributed by atoms with Crippen LogP contribution in [0.2, 0.25) is 0 Å². The van der Waals surface area contributed by atoms with Crippen molar-refractivity contribution in [2.75, 3.05) is 13.1 Å². The van der Waals surface area contributed by atoms with E-state index in [4.69, 9.17) is 9.88 Å². The van der Waals surface area contributed by atoms with Crippen molar-refractivity contribution in [3.8, 4) is 11.6 Å². The third-order valence-corrected chi connectivity index (χ3v) is 7.35. The maximum Gasteiger partial charge on any atom is 0.341 e. The molecule has 0 radical (unpaired) electrons. The van der Waals surface area contributed by atoms with Gasteiger partial charge in [0, 0.05) is 30.4 Å². The van der Waals surface area contributed by atoms with Gasteiger partial charge in [-0.15, -0.1) is 0 Å². The molecule has 1 atom stereocenters. The maximum atomic E-state index is 14.5. The van der Waals surface area contributed by atoms with Gasteiger partial charge < -0.3 is 9.64 Å². The number of ether oxygens (including phenoxy) is 1. The smallest absolute Gasteiger partial charge is 0.341 e. The van der Waals surface area contributed by atoms with Gasteiger partial charge in [0.05, 0.1) is 42.5 Å². The van der Waals surface area contributed by atoms with Gasteiger partial charge in [-0.3, -0.25) is 0 Å². The van der Waals surface area contributed by atoms with Gasteiger partial charge in [-0.05, 0) is 20.8 Å². The zero-order valence-corrected chi connectivity index (χ0v) is 22.4. The number of carbonyl (C=O) groups excluding carboxylic acids is 1. The lowest BCUT2D eigenvalue weighted by molar-refractivity contribution is 0.0272. The van der Waals surface area contributed by atoms with Crippen LogP contribution in [0.1, 0.15) is 24.7 Å². The van der Waals surface area contributed by atoms with Crippen LogP contribution in [0, 0.1) is 19.7 Å². The van der Waals surface area contributed by atoms with Crippen molar-refractivity contribution in [3.05, 3.63) is 65.2 Å². The number of rotatable bonds is 7. The first-order chi connectivity index (χ1) is 18.7. The molecule has 4 rings (SSSR count). The standard InChI is InChI=1S/C24H25F4N7O4S/c1-12(25)7-17(26)22(28)13(2)19-5-6-31-35(19)24(36)33-10-16(11-33)39-20-8-21(30-9-18(20)27)34-15(4)23(14(3)32-34)40(29,37)38/h6-9,16,19H,2,5,10-11H2,1,3-4H3,(H2,29,37,38)/b12-7+,22-17-/t19-/m0/s1. The van der Waals surface area contributed by atoms with Crippen LogP contribution in [0.15, 0.2) is 58.0 Å². The zero-order valence-electron chi connectivity index (χ0n) is 21.6. The van der Waals surface area contributed by atoms with Gasteiger partial charge >= 0.3 is 6.03 Å². The highest BCUT2D eigenvalue weighted by Crippen LogP contribution is 2.31. The summed E-state index contributed by atoms with van der Waals surface area (Å²) in [6.45, 7) is 7.43. The van der Waals surface area contributed by atoms with Gasteiger partial charge in [-0.25, -0.2) is 50.6 Å². The lowest BCUT2D eigenvalue weighted by Gasteiger charge is -2.41. The molecule has 1 saturated heterocycles. The highest BCUT2D eigenvalue weighted by atomic mass is 32.2. The summed E-state index contributed by atoms with van der Waals surface area (Å²) in [5, 5.41) is 14.3. The molecule has 2 aromatic rings. The summed E-state index contributed by atoms with van der Waals surface area (Å²) in [6, 6.07) is -0.428. The van der Waals surface area contributed by atoms with Gasteiger partial charge in [-0.2, -0.15) is 10.2 Å². The Balaban J connectivity index is 1.44. The number of nitrogens with zero attached hydrogens (tertiary/aromatic N) is 6. The number of likely N-dealkylation sites (tertiary alicyclic amines) is 1. The third-order valence-electron chi connectivity index (χ3n) is 6.19. The summed E-state index contributed by atoms with van der Waals surface area (Å²) in [4.78, 5) is 18.0. The molecule has 2 amide bonds. The van der Waals surface area contributed by atoms with E-state index >= 15 is 0 Å². The van der Waals surface area contributed by atoms with Gasteiger partial charge in [0.2, 0.25) is 10.0 Å². The van der Waals surface area contributed by atoms with Gasteiger partial charge in [0.1, 0.15) is 11.0 Å². The fourth-order valence-electron chi connectivity index (χ4n) is 4.30. The molecule has 40 heavy (non-hydrogen) atoms. The molecule has 0 bridgehead atoms. The fourth-order valence-corrected chi connectivity index (χ4v) is 5.25. The summed E-state index contributed by atoms with van der Waals surface area (Å²) in [5.74, 6) is -4.73. The summed E-state index contributed by atoms with van der Waals surface area (Å²) >= 11 is 0. The number of nitrogens with two attached hydrogens (primary N) is 1. The Bertz CT molecular complexity index is 1580. The topological polar surface area (TPSA) is 136 Å². The molecule has 4 heterocycles. The Morgan fingerprint density at radius 3 is 2.52 bits per heavy atom. The van der Waals surface area contributed by atoms with Crippen molar-refractivity contribution >= 4 is 22.3 Å². The number of sulfonamides is 1. The first-order valence-electron chi connectivity index (χ1n) is 11.8. The van der Waals surface area contributed by atoms with E-state index in [1.54, 1.807) is 0 Å². The first kappa shape index (κ1) is 28.9. The normalized spacial score (nSPS) is 18.6. The molecule has 16 heteroatoms. The van der Waals surface area contributed by atoms with Crippen LogP contribution in [-0.4, -0.2) is 70.6 Å². The number of pyridine rings is 1. The van der Waals surface area contributed by atoms with Crippen molar-refractivity contribution in [1.29, 1.82) is 0 Å². The minimum absolute atomic E-state index is 0.0209. The van der Waals surface area contributed by atoms with E-state index in [9.17, 15) is 30.8 Å². The van der Waals surface area contributed by atoms with Crippen molar-refractivity contribution in [3.63, 3.8) is 0 Å². The number of amides is 2. The lowest BCUT2D eigenvalue weighted by Crippen LogP contribution is -2.59. The van der Waals surface area contributed by atoms with Crippen LogP contribution >= 0.6 is 0 Å². The molecule has 2 N–H and O–H groups in total. The second kappa shape index (κ2) is 10.8. The molecule has 0 aliphatic carbocycles. The molecule has 0 aromatic carbocycles. The average molecular weight is 584 g/mol. The summed E-state index contributed by atoms with van der Waals surface area (Å²) in [7, 11) is -4.06. The molecule has 214 valence electrons. The van der Waals surface area contributed by atoms with Crippen molar-refractivity contribution in [2.45, 2.75) is 44.2 Å². The van der Waals surface area contributed by atoms with Crippen LogP contribution in [-0.2, 0) is 10.0 Å². The summed E-state index contributed by atoms with van der Waals surface area (Å²) in [5.41, 5.74) is -0.0653. The Morgan fingerprint density at radius 1 is 1.25 bits per heavy atom. The average Bonchev–Trinajstić information content (AvgIpc) is 3.44. The number of halogens is 4. The summed E-state index contributed by atoms with van der Waals surface area (Å²) < 4.78 is 86.4. The van der Waals surface area contributed by atoms with Crippen LogP contribution in [0.4, 0.5) is 22.4 Å². The monoisotopic (exact) mass is 583 g/mol. The minimum atomic E-state index is -4.06. The molecule has 2 aromatic heterocycles. The quantitative estimate of drug-likeness (QED) is 0.392. The predicted molar refractivity (Wildman–Crippen MR) is 136 cm³/mol.